The molecule has 104 valence electrons. The highest BCUT2D eigenvalue weighted by molar-refractivity contribution is 5.99. The summed E-state index contributed by atoms with van der Waals surface area (Å²) in [5.74, 6) is -0.124. The lowest BCUT2D eigenvalue weighted by Crippen LogP contribution is -2.39. The molecule has 0 bridgehead atoms. The number of amides is 2. The maximum absolute atomic E-state index is 12.3. The van der Waals surface area contributed by atoms with Crippen molar-refractivity contribution in [1.29, 1.82) is 0 Å². The van der Waals surface area contributed by atoms with Crippen molar-refractivity contribution in [3.8, 4) is 0 Å². The zero-order valence-electron chi connectivity index (χ0n) is 11.2. The van der Waals surface area contributed by atoms with Crippen LogP contribution in [0.4, 0.5) is 5.69 Å². The number of anilines is 1. The van der Waals surface area contributed by atoms with E-state index in [0.29, 0.717) is 18.2 Å². The van der Waals surface area contributed by atoms with E-state index in [1.165, 1.54) is 11.9 Å². The van der Waals surface area contributed by atoms with E-state index < -0.39 is 0 Å². The Labute approximate surface area is 111 Å². The fourth-order valence-corrected chi connectivity index (χ4v) is 1.94. The van der Waals surface area contributed by atoms with E-state index in [4.69, 9.17) is 5.73 Å². The molecule has 0 aromatic carbocycles. The molecule has 0 radical (unpaired) electrons. The normalized spacial score (nSPS) is 14.2. The molecule has 7 nitrogen and oxygen atoms in total. The minimum absolute atomic E-state index is 0.0108. The number of nitrogen functional groups attached to an aromatic ring is 1. The van der Waals surface area contributed by atoms with Crippen LogP contribution in [0.1, 0.15) is 41.9 Å². The zero-order chi connectivity index (χ0) is 14.0. The number of H-pyrrole nitrogens is 1. The van der Waals surface area contributed by atoms with Crippen LogP contribution >= 0.6 is 0 Å². The monoisotopic (exact) mass is 265 g/mol. The number of hydrogen-bond donors (Lipinski definition) is 3. The van der Waals surface area contributed by atoms with Gasteiger partial charge in [0.05, 0.1) is 17.9 Å². The van der Waals surface area contributed by atoms with E-state index in [0.717, 1.165) is 18.5 Å². The van der Waals surface area contributed by atoms with E-state index in [1.54, 1.807) is 0 Å². The van der Waals surface area contributed by atoms with Gasteiger partial charge in [0.15, 0.2) is 5.69 Å². The molecular formula is C12H19N5O2. The topological polar surface area (TPSA) is 104 Å². The summed E-state index contributed by atoms with van der Waals surface area (Å²) in [5.41, 5.74) is 7.44. The molecule has 0 saturated heterocycles. The first-order valence-corrected chi connectivity index (χ1v) is 6.42. The highest BCUT2D eigenvalue weighted by Gasteiger charge is 2.31. The van der Waals surface area contributed by atoms with Gasteiger partial charge in [-0.05, 0) is 19.8 Å². The molecule has 2 amide bonds. The summed E-state index contributed by atoms with van der Waals surface area (Å²) >= 11 is 0. The van der Waals surface area contributed by atoms with Gasteiger partial charge >= 0.3 is 0 Å². The average Bonchev–Trinajstić information content (AvgIpc) is 3.18. The Morgan fingerprint density at radius 1 is 1.53 bits per heavy atom. The molecule has 1 aromatic rings. The van der Waals surface area contributed by atoms with E-state index in [9.17, 15) is 9.59 Å². The second-order valence-electron chi connectivity index (χ2n) is 4.67. The Kier molecular flexibility index (Phi) is 3.73. The number of carbonyl (C=O) groups excluding carboxylic acids is 2. The van der Waals surface area contributed by atoms with Crippen LogP contribution < -0.4 is 11.1 Å². The van der Waals surface area contributed by atoms with Gasteiger partial charge in [-0.2, -0.15) is 5.10 Å². The molecule has 1 aromatic heterocycles. The number of rotatable bonds is 5. The average molecular weight is 265 g/mol. The molecule has 0 spiro atoms. The van der Waals surface area contributed by atoms with Crippen molar-refractivity contribution in [3.63, 3.8) is 0 Å². The van der Waals surface area contributed by atoms with Crippen LogP contribution in [-0.2, 0) is 4.79 Å². The minimum atomic E-state index is -0.313. The number of nitrogens with one attached hydrogen (secondary N) is 2. The Morgan fingerprint density at radius 3 is 2.74 bits per heavy atom. The second kappa shape index (κ2) is 5.29. The standard InChI is InChI=1S/C12H19N5O2/c1-3-17(6-8(18)14-2)12(19)11-9(13)10(15-16-11)7-4-5-7/h7H,3-6,13H2,1-2H3,(H,14,18)(H,15,16). The highest BCUT2D eigenvalue weighted by atomic mass is 16.2. The molecule has 1 aliphatic carbocycles. The molecule has 0 unspecified atom stereocenters. The SMILES string of the molecule is CCN(CC(=O)NC)C(=O)c1n[nH]c(C2CC2)c1N. The third kappa shape index (κ3) is 2.69. The van der Waals surface area contributed by atoms with Crippen LogP contribution in [0.15, 0.2) is 0 Å². The highest BCUT2D eigenvalue weighted by Crippen LogP contribution is 2.42. The summed E-state index contributed by atoms with van der Waals surface area (Å²) in [6, 6.07) is 0. The predicted molar refractivity (Wildman–Crippen MR) is 70.6 cm³/mol. The minimum Gasteiger partial charge on any atom is -0.395 e. The van der Waals surface area contributed by atoms with Gasteiger partial charge in [0.2, 0.25) is 5.91 Å². The van der Waals surface area contributed by atoms with Crippen LogP contribution in [0.5, 0.6) is 0 Å². The molecule has 2 rings (SSSR count). The third-order valence-corrected chi connectivity index (χ3v) is 3.30. The molecule has 19 heavy (non-hydrogen) atoms. The first kappa shape index (κ1) is 13.4. The summed E-state index contributed by atoms with van der Waals surface area (Å²) in [7, 11) is 1.54. The van der Waals surface area contributed by atoms with Gasteiger partial charge in [-0.25, -0.2) is 0 Å². The van der Waals surface area contributed by atoms with Crippen LogP contribution in [-0.4, -0.2) is 47.0 Å². The van der Waals surface area contributed by atoms with Crippen LogP contribution in [0, 0.1) is 0 Å². The van der Waals surface area contributed by atoms with Crippen molar-refractivity contribution in [3.05, 3.63) is 11.4 Å². The number of aromatic nitrogens is 2. The third-order valence-electron chi connectivity index (χ3n) is 3.30. The molecule has 1 aliphatic rings. The van der Waals surface area contributed by atoms with Crippen molar-refractivity contribution in [2.24, 2.45) is 0 Å². The lowest BCUT2D eigenvalue weighted by Gasteiger charge is -2.18. The Hall–Kier alpha value is -2.05. The quantitative estimate of drug-likeness (QED) is 0.701. The molecular weight excluding hydrogens is 246 g/mol. The van der Waals surface area contributed by atoms with Gasteiger partial charge in [0.25, 0.3) is 5.91 Å². The van der Waals surface area contributed by atoms with Crippen LogP contribution in [0.25, 0.3) is 0 Å². The van der Waals surface area contributed by atoms with Crippen molar-refractivity contribution < 1.29 is 9.59 Å². The van der Waals surface area contributed by atoms with E-state index in [1.807, 2.05) is 6.92 Å². The van der Waals surface area contributed by atoms with Gasteiger partial charge < -0.3 is 16.0 Å². The number of likely N-dealkylation sites (N-methyl/N-ethyl adjacent to an activating group) is 2. The van der Waals surface area contributed by atoms with Gasteiger partial charge in [-0.3, -0.25) is 14.7 Å². The molecule has 7 heteroatoms. The number of nitrogens with two attached hydrogens (primary N) is 1. The summed E-state index contributed by atoms with van der Waals surface area (Å²) < 4.78 is 0. The Morgan fingerprint density at radius 2 is 2.21 bits per heavy atom. The fourth-order valence-electron chi connectivity index (χ4n) is 1.94. The molecule has 1 fully saturated rings. The fraction of sp³-hybridized carbons (Fsp3) is 0.583. The smallest absolute Gasteiger partial charge is 0.276 e. The van der Waals surface area contributed by atoms with E-state index in [-0.39, 0.29) is 24.1 Å². The molecule has 0 atom stereocenters. The summed E-state index contributed by atoms with van der Waals surface area (Å²) in [6.07, 6.45) is 2.16. The van der Waals surface area contributed by atoms with Crippen molar-refractivity contribution in [2.45, 2.75) is 25.7 Å². The number of aromatic amines is 1. The number of nitrogens with zero attached hydrogens (tertiary/aromatic N) is 2. The summed E-state index contributed by atoms with van der Waals surface area (Å²) in [6.45, 7) is 2.25. The summed E-state index contributed by atoms with van der Waals surface area (Å²) in [5, 5.41) is 9.34. The van der Waals surface area contributed by atoms with E-state index in [2.05, 4.69) is 15.5 Å². The van der Waals surface area contributed by atoms with Gasteiger partial charge in [0.1, 0.15) is 0 Å². The van der Waals surface area contributed by atoms with Gasteiger partial charge in [-0.15, -0.1) is 0 Å². The lowest BCUT2D eigenvalue weighted by atomic mass is 10.2. The van der Waals surface area contributed by atoms with Gasteiger partial charge in [-0.1, -0.05) is 0 Å². The largest absolute Gasteiger partial charge is 0.395 e. The van der Waals surface area contributed by atoms with Crippen LogP contribution in [0.2, 0.25) is 0 Å². The Balaban J connectivity index is 2.15. The molecule has 1 heterocycles. The molecule has 1 saturated carbocycles. The first-order valence-electron chi connectivity index (χ1n) is 6.42. The molecule has 4 N–H and O–H groups in total. The summed E-state index contributed by atoms with van der Waals surface area (Å²) in [4.78, 5) is 25.1. The Bertz CT molecular complexity index is 492. The van der Waals surface area contributed by atoms with E-state index >= 15 is 0 Å². The second-order valence-corrected chi connectivity index (χ2v) is 4.67. The predicted octanol–water partition coefficient (Wildman–Crippen LogP) is 0.0774. The van der Waals surface area contributed by atoms with Crippen molar-refractivity contribution in [2.75, 3.05) is 25.9 Å². The maximum atomic E-state index is 12.3. The zero-order valence-corrected chi connectivity index (χ0v) is 11.2. The maximum Gasteiger partial charge on any atom is 0.276 e. The number of hydrogen-bond acceptors (Lipinski definition) is 4. The van der Waals surface area contributed by atoms with Crippen molar-refractivity contribution in [1.82, 2.24) is 20.4 Å². The van der Waals surface area contributed by atoms with Gasteiger partial charge in [0, 0.05) is 19.5 Å². The lowest BCUT2D eigenvalue weighted by molar-refractivity contribution is -0.121. The number of carbonyl (C=O) groups is 2. The van der Waals surface area contributed by atoms with Crippen molar-refractivity contribution >= 4 is 17.5 Å². The molecule has 0 aliphatic heterocycles. The van der Waals surface area contributed by atoms with Crippen LogP contribution in [0.3, 0.4) is 0 Å². The first-order chi connectivity index (χ1) is 9.08.